The fourth-order valence-electron chi connectivity index (χ4n) is 1.64. The normalized spacial score (nSPS) is 21.7. The first kappa shape index (κ1) is 10.4. The first-order chi connectivity index (χ1) is 7.18. The molecule has 2 rings (SSSR count). The molecule has 0 aromatic carbocycles. The van der Waals surface area contributed by atoms with Gasteiger partial charge < -0.3 is 15.4 Å². The highest BCUT2D eigenvalue weighted by molar-refractivity contribution is 7.12. The van der Waals surface area contributed by atoms with Crippen LogP contribution >= 0.6 is 11.3 Å². The molecule has 0 spiro atoms. The van der Waals surface area contributed by atoms with Crippen LogP contribution in [0.15, 0.2) is 11.4 Å². The molecule has 1 unspecified atom stereocenters. The Morgan fingerprint density at radius 3 is 3.13 bits per heavy atom. The predicted molar refractivity (Wildman–Crippen MR) is 60.0 cm³/mol. The van der Waals surface area contributed by atoms with Crippen molar-refractivity contribution in [2.75, 3.05) is 25.4 Å². The van der Waals surface area contributed by atoms with Gasteiger partial charge in [0.2, 0.25) is 0 Å². The molecule has 1 aliphatic rings. The molecule has 1 atom stereocenters. The van der Waals surface area contributed by atoms with Gasteiger partial charge in [0.15, 0.2) is 0 Å². The minimum Gasteiger partial charge on any atom is -0.397 e. The predicted octanol–water partition coefficient (Wildman–Crippen LogP) is 1.19. The molecule has 15 heavy (non-hydrogen) atoms. The summed E-state index contributed by atoms with van der Waals surface area (Å²) in [6, 6.07) is 1.77. The Hall–Kier alpha value is -1.07. The fourth-order valence-corrected chi connectivity index (χ4v) is 2.42. The van der Waals surface area contributed by atoms with E-state index in [-0.39, 0.29) is 12.0 Å². The Morgan fingerprint density at radius 1 is 1.73 bits per heavy atom. The number of ether oxygens (including phenoxy) is 1. The average molecular weight is 226 g/mol. The number of anilines is 1. The molecule has 1 aromatic heterocycles. The largest absolute Gasteiger partial charge is 0.397 e. The quantitative estimate of drug-likeness (QED) is 0.782. The lowest BCUT2D eigenvalue weighted by atomic mass is 10.2. The summed E-state index contributed by atoms with van der Waals surface area (Å²) >= 11 is 1.40. The van der Waals surface area contributed by atoms with Gasteiger partial charge in [-0.2, -0.15) is 0 Å². The molecule has 1 fully saturated rings. The van der Waals surface area contributed by atoms with Crippen molar-refractivity contribution in [3.8, 4) is 0 Å². The first-order valence-corrected chi connectivity index (χ1v) is 5.80. The summed E-state index contributed by atoms with van der Waals surface area (Å²) in [5, 5.41) is 1.84. The summed E-state index contributed by atoms with van der Waals surface area (Å²) in [5.74, 6) is 0.0256. The van der Waals surface area contributed by atoms with E-state index in [1.165, 1.54) is 11.3 Å². The molecule has 1 saturated heterocycles. The number of nitrogen functional groups attached to an aromatic ring is 1. The van der Waals surface area contributed by atoms with Gasteiger partial charge in [-0.25, -0.2) is 0 Å². The second kappa shape index (κ2) is 4.20. The van der Waals surface area contributed by atoms with Crippen LogP contribution in [0.5, 0.6) is 0 Å². The molecule has 0 saturated carbocycles. The number of carbonyl (C=O) groups excluding carboxylic acids is 1. The Bertz CT molecular complexity index is 364. The first-order valence-electron chi connectivity index (χ1n) is 4.92. The number of nitrogens with two attached hydrogens (primary N) is 1. The van der Waals surface area contributed by atoms with E-state index in [4.69, 9.17) is 10.5 Å². The minimum absolute atomic E-state index is 0.0256. The number of carbonyl (C=O) groups is 1. The highest BCUT2D eigenvalue weighted by Gasteiger charge is 2.24. The topological polar surface area (TPSA) is 55.6 Å². The highest BCUT2D eigenvalue weighted by Crippen LogP contribution is 2.21. The van der Waals surface area contributed by atoms with Crippen LogP contribution in [0, 0.1) is 0 Å². The standard InChI is InChI=1S/C10H14N2O2S/c1-7-6-12(3-4-14-7)10(13)9-8(11)2-5-15-9/h2,5,7H,3-4,6,11H2,1H3. The van der Waals surface area contributed by atoms with E-state index in [1.54, 1.807) is 11.0 Å². The lowest BCUT2D eigenvalue weighted by Gasteiger charge is -2.30. The maximum atomic E-state index is 12.0. The van der Waals surface area contributed by atoms with Gasteiger partial charge in [-0.3, -0.25) is 4.79 Å². The Balaban J connectivity index is 2.11. The molecule has 0 aliphatic carbocycles. The van der Waals surface area contributed by atoms with Crippen LogP contribution in [0.1, 0.15) is 16.6 Å². The molecule has 82 valence electrons. The van der Waals surface area contributed by atoms with Gasteiger partial charge in [0.1, 0.15) is 4.88 Å². The van der Waals surface area contributed by atoms with Crippen molar-refractivity contribution in [1.82, 2.24) is 4.90 Å². The van der Waals surface area contributed by atoms with Crippen LogP contribution in [0.2, 0.25) is 0 Å². The summed E-state index contributed by atoms with van der Waals surface area (Å²) in [6.07, 6.45) is 0.115. The van der Waals surface area contributed by atoms with Crippen molar-refractivity contribution in [3.05, 3.63) is 16.3 Å². The smallest absolute Gasteiger partial charge is 0.266 e. The molecule has 1 aliphatic heterocycles. The van der Waals surface area contributed by atoms with Crippen LogP contribution in [0.3, 0.4) is 0 Å². The summed E-state index contributed by atoms with van der Waals surface area (Å²) < 4.78 is 5.38. The third-order valence-corrected chi connectivity index (χ3v) is 3.34. The number of hydrogen-bond donors (Lipinski definition) is 1. The van der Waals surface area contributed by atoms with E-state index in [0.29, 0.717) is 30.3 Å². The van der Waals surface area contributed by atoms with E-state index in [0.717, 1.165) is 0 Å². The van der Waals surface area contributed by atoms with Gasteiger partial charge >= 0.3 is 0 Å². The summed E-state index contributed by atoms with van der Waals surface area (Å²) in [6.45, 7) is 3.88. The van der Waals surface area contributed by atoms with Crippen LogP contribution in [-0.4, -0.2) is 36.6 Å². The van der Waals surface area contributed by atoms with Gasteiger partial charge in [0, 0.05) is 13.1 Å². The fraction of sp³-hybridized carbons (Fsp3) is 0.500. The van der Waals surface area contributed by atoms with Gasteiger partial charge in [-0.15, -0.1) is 11.3 Å². The Morgan fingerprint density at radius 2 is 2.53 bits per heavy atom. The maximum absolute atomic E-state index is 12.0. The Labute approximate surface area is 92.6 Å². The number of amides is 1. The zero-order valence-corrected chi connectivity index (χ0v) is 9.42. The van der Waals surface area contributed by atoms with Gasteiger partial charge in [0.05, 0.1) is 18.4 Å². The second-order valence-electron chi connectivity index (χ2n) is 3.64. The van der Waals surface area contributed by atoms with Crippen molar-refractivity contribution < 1.29 is 9.53 Å². The van der Waals surface area contributed by atoms with Crippen LogP contribution in [0.25, 0.3) is 0 Å². The van der Waals surface area contributed by atoms with Crippen molar-refractivity contribution in [2.45, 2.75) is 13.0 Å². The van der Waals surface area contributed by atoms with Gasteiger partial charge in [-0.1, -0.05) is 0 Å². The second-order valence-corrected chi connectivity index (χ2v) is 4.55. The zero-order valence-electron chi connectivity index (χ0n) is 8.60. The molecule has 5 heteroatoms. The molecular formula is C10H14N2O2S. The zero-order chi connectivity index (χ0) is 10.8. The molecular weight excluding hydrogens is 212 g/mol. The number of rotatable bonds is 1. The number of morpholine rings is 1. The van der Waals surface area contributed by atoms with E-state index in [9.17, 15) is 4.79 Å². The molecule has 4 nitrogen and oxygen atoms in total. The van der Waals surface area contributed by atoms with E-state index >= 15 is 0 Å². The summed E-state index contributed by atoms with van der Waals surface area (Å²) in [4.78, 5) is 14.5. The average Bonchev–Trinajstić information content (AvgIpc) is 2.63. The SMILES string of the molecule is CC1CN(C(=O)c2sccc2N)CCO1. The Kier molecular flexibility index (Phi) is 2.93. The van der Waals surface area contributed by atoms with Gasteiger partial charge in [-0.05, 0) is 18.4 Å². The summed E-state index contributed by atoms with van der Waals surface area (Å²) in [7, 11) is 0. The monoisotopic (exact) mass is 226 g/mol. The summed E-state index contributed by atoms with van der Waals surface area (Å²) in [5.41, 5.74) is 6.29. The molecule has 1 amide bonds. The molecule has 1 aromatic rings. The van der Waals surface area contributed by atoms with Gasteiger partial charge in [0.25, 0.3) is 5.91 Å². The number of hydrogen-bond acceptors (Lipinski definition) is 4. The molecule has 2 heterocycles. The maximum Gasteiger partial charge on any atom is 0.266 e. The van der Waals surface area contributed by atoms with Crippen LogP contribution in [0.4, 0.5) is 5.69 Å². The lowest BCUT2D eigenvalue weighted by Crippen LogP contribution is -2.44. The highest BCUT2D eigenvalue weighted by atomic mass is 32.1. The van der Waals surface area contributed by atoms with Crippen LogP contribution < -0.4 is 5.73 Å². The lowest BCUT2D eigenvalue weighted by molar-refractivity contribution is -0.0122. The van der Waals surface area contributed by atoms with E-state index in [1.807, 2.05) is 12.3 Å². The molecule has 2 N–H and O–H groups in total. The minimum atomic E-state index is 0.0256. The van der Waals surface area contributed by atoms with Crippen molar-refractivity contribution in [1.29, 1.82) is 0 Å². The van der Waals surface area contributed by atoms with Crippen molar-refractivity contribution in [2.24, 2.45) is 0 Å². The van der Waals surface area contributed by atoms with Crippen molar-refractivity contribution in [3.63, 3.8) is 0 Å². The number of nitrogens with zero attached hydrogens (tertiary/aromatic N) is 1. The molecule has 0 bridgehead atoms. The van der Waals surface area contributed by atoms with Crippen LogP contribution in [-0.2, 0) is 4.74 Å². The third kappa shape index (κ3) is 2.13. The van der Waals surface area contributed by atoms with E-state index in [2.05, 4.69) is 0 Å². The van der Waals surface area contributed by atoms with Crippen molar-refractivity contribution >= 4 is 22.9 Å². The number of thiophene rings is 1. The third-order valence-electron chi connectivity index (χ3n) is 2.42. The van der Waals surface area contributed by atoms with E-state index < -0.39 is 0 Å². The molecule has 0 radical (unpaired) electrons.